The molecular weight excluding hydrogens is 522 g/mol. The molecule has 0 aromatic heterocycles. The molecule has 204 valence electrons. The van der Waals surface area contributed by atoms with Crippen molar-refractivity contribution < 1.29 is 55.6 Å². The third kappa shape index (κ3) is 5.95. The van der Waals surface area contributed by atoms with Crippen molar-refractivity contribution in [2.75, 3.05) is 0 Å². The monoisotopic (exact) mass is 544 g/mol. The highest BCUT2D eigenvalue weighted by atomic mass is 19.4. The van der Waals surface area contributed by atoms with E-state index in [-0.39, 0.29) is 11.5 Å². The number of aryl methyl sites for hydroxylation is 4. The number of hydrogen-bond acceptors (Lipinski definition) is 4. The van der Waals surface area contributed by atoms with Crippen LogP contribution in [0.3, 0.4) is 0 Å². The second-order valence-electron chi connectivity index (χ2n) is 8.88. The number of carbonyl (C=O) groups is 2. The van der Waals surface area contributed by atoms with E-state index in [1.54, 1.807) is 39.8 Å². The van der Waals surface area contributed by atoms with Crippen LogP contribution in [0.1, 0.15) is 33.4 Å². The Morgan fingerprint density at radius 3 is 1.24 bits per heavy atom. The van der Waals surface area contributed by atoms with Gasteiger partial charge in [-0.3, -0.25) is 0 Å². The molecule has 6 nitrogen and oxygen atoms in total. The summed E-state index contributed by atoms with van der Waals surface area (Å²) in [6.07, 6.45) is -12.3. The molecule has 2 aromatic rings. The summed E-state index contributed by atoms with van der Waals surface area (Å²) in [5.74, 6) is -3.14. The molecule has 2 N–H and O–H groups in total. The molecule has 2 atom stereocenters. The number of ether oxygens (including phenoxy) is 2. The average molecular weight is 544 g/mol. The molecule has 0 spiro atoms. The number of hydrogen-bond donors (Lipinski definition) is 2. The summed E-state index contributed by atoms with van der Waals surface area (Å²) in [4.78, 5) is 21.9. The van der Waals surface area contributed by atoms with Gasteiger partial charge in [-0.05, 0) is 74.2 Å². The van der Waals surface area contributed by atoms with Gasteiger partial charge in [-0.1, -0.05) is 12.1 Å². The molecule has 2 unspecified atom stereocenters. The molecule has 0 bridgehead atoms. The fourth-order valence-electron chi connectivity index (χ4n) is 4.12. The van der Waals surface area contributed by atoms with Crippen molar-refractivity contribution in [2.45, 2.75) is 52.3 Å². The normalized spacial score (nSPS) is 18.4. The van der Waals surface area contributed by atoms with Crippen molar-refractivity contribution in [1.82, 2.24) is 0 Å². The van der Waals surface area contributed by atoms with Crippen molar-refractivity contribution in [2.24, 2.45) is 0 Å². The standard InChI is InChI=1S/2C13H11F3O3/c2*1-6-3-7(2)8-5-9(12(17)18)11(13(14,15)16)19-10(8)4-6/h2*3-5,11H,1-2H3,(H,17,18). The molecule has 4 rings (SSSR count). The van der Waals surface area contributed by atoms with Gasteiger partial charge in [0.2, 0.25) is 12.2 Å². The van der Waals surface area contributed by atoms with Gasteiger partial charge in [-0.25, -0.2) is 9.59 Å². The van der Waals surface area contributed by atoms with Gasteiger partial charge in [0.15, 0.2) is 0 Å². The lowest BCUT2D eigenvalue weighted by atomic mass is 9.96. The maximum absolute atomic E-state index is 12.8. The molecule has 0 saturated heterocycles. The average Bonchev–Trinajstić information content (AvgIpc) is 2.76. The summed E-state index contributed by atoms with van der Waals surface area (Å²) in [7, 11) is 0. The number of alkyl halides is 6. The second-order valence-corrected chi connectivity index (χ2v) is 8.88. The summed E-state index contributed by atoms with van der Waals surface area (Å²) >= 11 is 0. The Labute approximate surface area is 212 Å². The van der Waals surface area contributed by atoms with Crippen molar-refractivity contribution in [3.8, 4) is 11.5 Å². The Bertz CT molecular complexity index is 1250. The van der Waals surface area contributed by atoms with E-state index in [9.17, 15) is 35.9 Å². The molecule has 0 saturated carbocycles. The van der Waals surface area contributed by atoms with Crippen LogP contribution in [-0.4, -0.2) is 46.7 Å². The van der Waals surface area contributed by atoms with Gasteiger partial charge < -0.3 is 19.7 Å². The Morgan fingerprint density at radius 1 is 0.658 bits per heavy atom. The molecule has 0 radical (unpaired) electrons. The molecule has 0 aliphatic carbocycles. The molecular formula is C26H22F6O6. The molecule has 0 amide bonds. The maximum Gasteiger partial charge on any atom is 0.430 e. The fraction of sp³-hybridized carbons (Fsp3) is 0.308. The van der Waals surface area contributed by atoms with E-state index in [4.69, 9.17) is 19.7 Å². The molecule has 38 heavy (non-hydrogen) atoms. The minimum atomic E-state index is -4.76. The molecule has 2 heterocycles. The first-order valence-electron chi connectivity index (χ1n) is 11.0. The van der Waals surface area contributed by atoms with Crippen molar-refractivity contribution >= 4 is 24.1 Å². The van der Waals surface area contributed by atoms with Gasteiger partial charge in [-0.2, -0.15) is 26.3 Å². The Kier molecular flexibility index (Phi) is 7.58. The highest BCUT2D eigenvalue weighted by Crippen LogP contribution is 2.40. The molecule has 0 fully saturated rings. The van der Waals surface area contributed by atoms with E-state index < -0.39 is 47.6 Å². The molecule has 12 heteroatoms. The summed E-state index contributed by atoms with van der Waals surface area (Å²) in [5.41, 5.74) is 2.02. The van der Waals surface area contributed by atoms with Gasteiger partial charge >= 0.3 is 24.3 Å². The summed E-state index contributed by atoms with van der Waals surface area (Å²) < 4.78 is 86.6. The predicted molar refractivity (Wildman–Crippen MR) is 124 cm³/mol. The van der Waals surface area contributed by atoms with Crippen LogP contribution < -0.4 is 9.47 Å². The van der Waals surface area contributed by atoms with Crippen molar-refractivity contribution in [3.05, 3.63) is 68.8 Å². The van der Waals surface area contributed by atoms with Gasteiger partial charge in [0.05, 0.1) is 11.1 Å². The number of halogens is 6. The maximum atomic E-state index is 12.8. The zero-order chi connectivity index (χ0) is 28.7. The van der Waals surface area contributed by atoms with Crippen LogP contribution in [0.2, 0.25) is 0 Å². The summed E-state index contributed by atoms with van der Waals surface area (Å²) in [6.45, 7) is 6.85. The highest BCUT2D eigenvalue weighted by Gasteiger charge is 2.49. The molecule has 2 aromatic carbocycles. The Balaban J connectivity index is 0.000000211. The largest absolute Gasteiger partial charge is 0.478 e. The number of aliphatic carboxylic acids is 2. The van der Waals surface area contributed by atoms with E-state index in [0.29, 0.717) is 22.3 Å². The first-order valence-corrected chi connectivity index (χ1v) is 11.0. The van der Waals surface area contributed by atoms with E-state index in [2.05, 4.69) is 0 Å². The summed E-state index contributed by atoms with van der Waals surface area (Å²) in [5, 5.41) is 17.8. The first-order chi connectivity index (χ1) is 17.4. The smallest absolute Gasteiger partial charge is 0.430 e. The molecule has 2 aliphatic heterocycles. The van der Waals surface area contributed by atoms with E-state index in [1.165, 1.54) is 12.1 Å². The van der Waals surface area contributed by atoms with Gasteiger partial charge in [0.25, 0.3) is 0 Å². The van der Waals surface area contributed by atoms with E-state index in [1.807, 2.05) is 0 Å². The van der Waals surface area contributed by atoms with Crippen LogP contribution >= 0.6 is 0 Å². The third-order valence-corrected chi connectivity index (χ3v) is 5.73. The summed E-state index contributed by atoms with van der Waals surface area (Å²) in [6, 6.07) is 6.45. The van der Waals surface area contributed by atoms with Crippen molar-refractivity contribution in [3.63, 3.8) is 0 Å². The van der Waals surface area contributed by atoms with Crippen molar-refractivity contribution in [1.29, 1.82) is 0 Å². The van der Waals surface area contributed by atoms with Crippen LogP contribution in [0.25, 0.3) is 12.2 Å². The van der Waals surface area contributed by atoms with Crippen LogP contribution in [0.5, 0.6) is 11.5 Å². The van der Waals surface area contributed by atoms with Crippen LogP contribution in [0, 0.1) is 27.7 Å². The number of fused-ring (bicyclic) bond motifs is 2. The predicted octanol–water partition coefficient (Wildman–Crippen LogP) is 6.19. The Hall–Kier alpha value is -3.96. The quantitative estimate of drug-likeness (QED) is 0.438. The van der Waals surface area contributed by atoms with E-state index in [0.717, 1.165) is 23.3 Å². The minimum absolute atomic E-state index is 0.0600. The number of carboxylic acids is 2. The molecule has 2 aliphatic rings. The minimum Gasteiger partial charge on any atom is -0.478 e. The second kappa shape index (κ2) is 10.1. The Morgan fingerprint density at radius 2 is 0.974 bits per heavy atom. The number of carboxylic acid groups (broad SMARTS) is 2. The van der Waals surface area contributed by atoms with E-state index >= 15 is 0 Å². The lowest BCUT2D eigenvalue weighted by molar-refractivity contribution is -0.187. The zero-order valence-electron chi connectivity index (χ0n) is 20.4. The lowest BCUT2D eigenvalue weighted by Gasteiger charge is -2.28. The van der Waals surface area contributed by atoms with Crippen LogP contribution in [0.15, 0.2) is 35.4 Å². The third-order valence-electron chi connectivity index (χ3n) is 5.73. The van der Waals surface area contributed by atoms with Crippen LogP contribution in [-0.2, 0) is 9.59 Å². The van der Waals surface area contributed by atoms with Crippen LogP contribution in [0.4, 0.5) is 26.3 Å². The number of benzene rings is 2. The topological polar surface area (TPSA) is 93.1 Å². The first kappa shape index (κ1) is 28.6. The zero-order valence-corrected chi connectivity index (χ0v) is 20.4. The SMILES string of the molecule is Cc1cc(C)c2c(c1)OC(C(F)(F)F)C(C(=O)O)=C2.Cc1cc(C)c2c(c1)OC(C(F)(F)F)C(C(=O)O)=C2. The lowest BCUT2D eigenvalue weighted by Crippen LogP contribution is -2.40. The fourth-order valence-corrected chi connectivity index (χ4v) is 4.12. The highest BCUT2D eigenvalue weighted by molar-refractivity contribution is 5.96. The van der Waals surface area contributed by atoms with Gasteiger partial charge in [0, 0.05) is 11.1 Å². The van der Waals surface area contributed by atoms with Gasteiger partial charge in [-0.15, -0.1) is 0 Å². The van der Waals surface area contributed by atoms with Gasteiger partial charge in [0.1, 0.15) is 11.5 Å². The number of rotatable bonds is 2.